The number of rotatable bonds is 9. The maximum Gasteiger partial charge on any atom is 0.307 e. The van der Waals surface area contributed by atoms with Crippen LogP contribution >= 0.6 is 23.2 Å². The molecule has 1 fully saturated rings. The number of carboxylic acids is 1. The van der Waals surface area contributed by atoms with Crippen molar-refractivity contribution in [3.63, 3.8) is 0 Å². The summed E-state index contributed by atoms with van der Waals surface area (Å²) < 4.78 is 44.7. The van der Waals surface area contributed by atoms with Crippen molar-refractivity contribution in [1.82, 2.24) is 5.32 Å². The molecule has 0 aliphatic heterocycles. The number of hydrogen-bond donors (Lipinski definition) is 3. The average molecular weight is 610 g/mol. The lowest BCUT2D eigenvalue weighted by Crippen LogP contribution is -2.40. The van der Waals surface area contributed by atoms with Crippen LogP contribution in [0.5, 0.6) is 11.5 Å². The van der Waals surface area contributed by atoms with Crippen molar-refractivity contribution in [2.45, 2.75) is 51.5 Å². The number of nitrogens with zero attached hydrogens (tertiary/aromatic N) is 1. The van der Waals surface area contributed by atoms with Gasteiger partial charge in [0.25, 0.3) is 17.2 Å². The Kier molecular flexibility index (Phi) is 8.75. The summed E-state index contributed by atoms with van der Waals surface area (Å²) in [6.45, 7) is 5.43. The topological polar surface area (TPSA) is 116 Å². The number of carbonyl (C=O) groups excluding carboxylic acids is 1. The molecule has 0 heterocycles. The predicted molar refractivity (Wildman–Crippen MR) is 153 cm³/mol. The van der Waals surface area contributed by atoms with Crippen molar-refractivity contribution < 1.29 is 32.6 Å². The van der Waals surface area contributed by atoms with Gasteiger partial charge in [0.1, 0.15) is 17.3 Å². The molecule has 12 heteroatoms. The van der Waals surface area contributed by atoms with Crippen LogP contribution in [0.25, 0.3) is 0 Å². The second-order valence-electron chi connectivity index (χ2n) is 10.4. The number of halogens is 3. The number of nitrogens with one attached hydrogen (secondary N) is 1. The Balaban J connectivity index is 1.82. The lowest BCUT2D eigenvalue weighted by molar-refractivity contribution is -0.136. The number of ether oxygens (including phenoxy) is 1. The quantitative estimate of drug-likeness (QED) is 0.221. The minimum absolute atomic E-state index is 0.0189. The fourth-order valence-electron chi connectivity index (χ4n) is 4.04. The molecule has 0 saturated heterocycles. The van der Waals surface area contributed by atoms with E-state index in [0.717, 1.165) is 34.8 Å². The first kappa shape index (κ1) is 29.8. The Labute approximate surface area is 243 Å². The van der Waals surface area contributed by atoms with Crippen LogP contribution in [-0.2, 0) is 22.5 Å². The molecule has 8 nitrogen and oxygen atoms in total. The van der Waals surface area contributed by atoms with Gasteiger partial charge in [0.15, 0.2) is 5.75 Å². The number of carboxylic acid groups (broad SMARTS) is 1. The summed E-state index contributed by atoms with van der Waals surface area (Å²) in [6, 6.07) is 11.4. The highest BCUT2D eigenvalue weighted by molar-refractivity contribution is 7.81. The summed E-state index contributed by atoms with van der Waals surface area (Å²) in [5.74, 6) is -2.35. The zero-order valence-electron chi connectivity index (χ0n) is 21.8. The first-order valence-corrected chi connectivity index (χ1v) is 14.1. The second-order valence-corrected chi connectivity index (χ2v) is 12.1. The van der Waals surface area contributed by atoms with Gasteiger partial charge in [0.2, 0.25) is 0 Å². The average Bonchev–Trinajstić information content (AvgIpc) is 3.68. The number of amides is 1. The smallest absolute Gasteiger partial charge is 0.307 e. The van der Waals surface area contributed by atoms with E-state index < -0.39 is 40.9 Å². The maximum absolute atomic E-state index is 14.7. The van der Waals surface area contributed by atoms with Gasteiger partial charge in [-0.3, -0.25) is 14.1 Å². The highest BCUT2D eigenvalue weighted by Gasteiger charge is 2.28. The first-order chi connectivity index (χ1) is 18.7. The highest BCUT2D eigenvalue weighted by atomic mass is 35.5. The van der Waals surface area contributed by atoms with Crippen LogP contribution in [-0.4, -0.2) is 31.3 Å². The van der Waals surface area contributed by atoms with E-state index in [1.165, 1.54) is 18.2 Å². The number of aliphatic carboxylic acids is 1. The molecule has 3 aromatic carbocycles. The minimum Gasteiger partial charge on any atom is -0.481 e. The van der Waals surface area contributed by atoms with E-state index in [-0.39, 0.29) is 44.0 Å². The van der Waals surface area contributed by atoms with Gasteiger partial charge in [0, 0.05) is 22.7 Å². The zero-order valence-corrected chi connectivity index (χ0v) is 24.2. The summed E-state index contributed by atoms with van der Waals surface area (Å²) >= 11 is 10.2. The Morgan fingerprint density at radius 2 is 1.75 bits per heavy atom. The standard InChI is InChI=1S/C28H27Cl2FN2O6S/c1-28(2,3)32-27(36)17-7-9-24(39-25-14-21(31)18(11-20(25)30)13-26(34)35)23(12-17)33(40(37)38)22-8-6-16(10-19(22)29)15-4-5-15/h6-12,14-15H,4-5,13H2,1-3H3,(H,32,36)(H,34,35)(H,37,38). The van der Waals surface area contributed by atoms with Crippen LogP contribution in [0, 0.1) is 5.82 Å². The highest BCUT2D eigenvalue weighted by Crippen LogP contribution is 2.45. The summed E-state index contributed by atoms with van der Waals surface area (Å²) in [5.41, 5.74) is 0.633. The van der Waals surface area contributed by atoms with E-state index in [9.17, 15) is 22.7 Å². The molecule has 0 radical (unpaired) electrons. The van der Waals surface area contributed by atoms with Crippen LogP contribution in [0.4, 0.5) is 15.8 Å². The first-order valence-electron chi connectivity index (χ1n) is 12.3. The van der Waals surface area contributed by atoms with Crippen molar-refractivity contribution >= 4 is 57.7 Å². The Bertz CT molecular complexity index is 1510. The summed E-state index contributed by atoms with van der Waals surface area (Å²) in [6.07, 6.45) is 1.49. The van der Waals surface area contributed by atoms with Gasteiger partial charge in [0.05, 0.1) is 22.2 Å². The number of carbonyl (C=O) groups is 2. The molecular formula is C28H27Cl2FN2O6S. The number of hydrogen-bond acceptors (Lipinski definition) is 4. The van der Waals surface area contributed by atoms with Gasteiger partial charge in [-0.25, -0.2) is 12.9 Å². The third kappa shape index (κ3) is 7.11. The van der Waals surface area contributed by atoms with Gasteiger partial charge in [-0.2, -0.15) is 0 Å². The van der Waals surface area contributed by atoms with Crippen molar-refractivity contribution in [1.29, 1.82) is 0 Å². The van der Waals surface area contributed by atoms with Crippen LogP contribution < -0.4 is 14.4 Å². The Morgan fingerprint density at radius 1 is 1.05 bits per heavy atom. The maximum atomic E-state index is 14.7. The van der Waals surface area contributed by atoms with Gasteiger partial charge in [-0.15, -0.1) is 0 Å². The zero-order chi connectivity index (χ0) is 29.4. The van der Waals surface area contributed by atoms with E-state index in [0.29, 0.717) is 5.92 Å². The van der Waals surface area contributed by atoms with Gasteiger partial charge in [-0.05, 0) is 81.5 Å². The second kappa shape index (κ2) is 11.7. The molecule has 1 saturated carbocycles. The van der Waals surface area contributed by atoms with E-state index in [1.807, 2.05) is 26.8 Å². The molecule has 1 aliphatic carbocycles. The van der Waals surface area contributed by atoms with E-state index in [2.05, 4.69) is 5.32 Å². The molecule has 1 atom stereocenters. The van der Waals surface area contributed by atoms with Crippen LogP contribution in [0.2, 0.25) is 10.0 Å². The minimum atomic E-state index is -2.68. The fraction of sp³-hybridized carbons (Fsp3) is 0.286. The summed E-state index contributed by atoms with van der Waals surface area (Å²) in [5, 5.41) is 12.0. The molecule has 212 valence electrons. The molecule has 1 unspecified atom stereocenters. The largest absolute Gasteiger partial charge is 0.481 e. The predicted octanol–water partition coefficient (Wildman–Crippen LogP) is 7.23. The Hall–Kier alpha value is -3.18. The molecule has 1 aliphatic rings. The normalized spacial score (nSPS) is 14.0. The fourth-order valence-corrected chi connectivity index (χ4v) is 5.22. The molecule has 1 amide bonds. The third-order valence-electron chi connectivity index (χ3n) is 5.99. The van der Waals surface area contributed by atoms with E-state index in [1.54, 1.807) is 12.1 Å². The van der Waals surface area contributed by atoms with Crippen LogP contribution in [0.3, 0.4) is 0 Å². The number of anilines is 2. The number of benzene rings is 3. The summed E-state index contributed by atoms with van der Waals surface area (Å²) in [4.78, 5) is 24.0. The lowest BCUT2D eigenvalue weighted by atomic mass is 10.1. The third-order valence-corrected chi connectivity index (χ3v) is 7.29. The molecule has 3 N–H and O–H groups in total. The van der Waals surface area contributed by atoms with E-state index >= 15 is 0 Å². The van der Waals surface area contributed by atoms with Crippen molar-refractivity contribution in [3.05, 3.63) is 81.1 Å². The molecule has 3 aromatic rings. The Morgan fingerprint density at radius 3 is 2.33 bits per heavy atom. The molecule has 0 aromatic heterocycles. The van der Waals surface area contributed by atoms with Crippen molar-refractivity contribution in [2.24, 2.45) is 0 Å². The van der Waals surface area contributed by atoms with Gasteiger partial charge < -0.3 is 15.2 Å². The van der Waals surface area contributed by atoms with Crippen LogP contribution in [0.1, 0.15) is 61.0 Å². The molecule has 0 bridgehead atoms. The SMILES string of the molecule is CC(C)(C)NC(=O)c1ccc(Oc2cc(F)c(CC(=O)O)cc2Cl)c(N(c2ccc(C3CC3)cc2Cl)S(=O)O)c1. The van der Waals surface area contributed by atoms with E-state index in [4.69, 9.17) is 33.0 Å². The summed E-state index contributed by atoms with van der Waals surface area (Å²) in [7, 11) is 0. The molecule has 4 rings (SSSR count). The van der Waals surface area contributed by atoms with Gasteiger partial charge in [-0.1, -0.05) is 29.3 Å². The van der Waals surface area contributed by atoms with Crippen molar-refractivity contribution in [3.8, 4) is 11.5 Å². The monoisotopic (exact) mass is 608 g/mol. The lowest BCUT2D eigenvalue weighted by Gasteiger charge is -2.25. The van der Waals surface area contributed by atoms with Gasteiger partial charge >= 0.3 is 5.97 Å². The molecular weight excluding hydrogens is 582 g/mol. The van der Waals surface area contributed by atoms with Crippen LogP contribution in [0.15, 0.2) is 48.5 Å². The molecule has 40 heavy (non-hydrogen) atoms. The molecule has 0 spiro atoms. The van der Waals surface area contributed by atoms with Crippen molar-refractivity contribution in [2.75, 3.05) is 4.31 Å².